The molecule has 0 spiro atoms. The second kappa shape index (κ2) is 8.24. The lowest BCUT2D eigenvalue weighted by Crippen LogP contribution is -2.40. The summed E-state index contributed by atoms with van der Waals surface area (Å²) in [7, 11) is 3.79. The number of urea groups is 1. The number of pyridine rings is 1. The van der Waals surface area contributed by atoms with E-state index in [1.165, 1.54) is 12.1 Å². The molecule has 1 heterocycles. The minimum Gasteiger partial charge on any atom is -0.336 e. The number of carbonyl (C=O) groups is 1. The van der Waals surface area contributed by atoms with Gasteiger partial charge in [-0.25, -0.2) is 9.18 Å². The van der Waals surface area contributed by atoms with Crippen LogP contribution in [-0.2, 0) is 6.54 Å². The number of benzene rings is 1. The molecule has 2 amide bonds. The van der Waals surface area contributed by atoms with E-state index >= 15 is 0 Å². The molecule has 23 heavy (non-hydrogen) atoms. The standard InChI is InChI=1S/C17H21FN4O/c1-22(2)16(14-4-3-5-15(18)10-14)12-21-17(23)20-11-13-6-8-19-9-7-13/h3-10,16H,11-12H2,1-2H3,(H2,20,21,23). The molecule has 2 N–H and O–H groups in total. The van der Waals surface area contributed by atoms with Gasteiger partial charge in [0.05, 0.1) is 6.04 Å². The van der Waals surface area contributed by atoms with E-state index < -0.39 is 0 Å². The van der Waals surface area contributed by atoms with Gasteiger partial charge in [0.1, 0.15) is 5.82 Å². The van der Waals surface area contributed by atoms with Crippen LogP contribution >= 0.6 is 0 Å². The molecule has 0 saturated carbocycles. The van der Waals surface area contributed by atoms with Gasteiger partial charge in [0, 0.05) is 25.5 Å². The number of amides is 2. The number of halogens is 1. The summed E-state index contributed by atoms with van der Waals surface area (Å²) in [5.74, 6) is -0.281. The summed E-state index contributed by atoms with van der Waals surface area (Å²) in [5, 5.41) is 5.61. The van der Waals surface area contributed by atoms with E-state index in [0.717, 1.165) is 11.1 Å². The summed E-state index contributed by atoms with van der Waals surface area (Å²) in [6.07, 6.45) is 3.36. The van der Waals surface area contributed by atoms with Crippen molar-refractivity contribution in [3.63, 3.8) is 0 Å². The molecule has 2 rings (SSSR count). The largest absolute Gasteiger partial charge is 0.336 e. The van der Waals surface area contributed by atoms with E-state index in [1.54, 1.807) is 18.5 Å². The summed E-state index contributed by atoms with van der Waals surface area (Å²) in [5.41, 5.74) is 1.80. The number of hydrogen-bond acceptors (Lipinski definition) is 3. The van der Waals surface area contributed by atoms with Crippen molar-refractivity contribution in [2.45, 2.75) is 12.6 Å². The Balaban J connectivity index is 1.87. The molecule has 0 aliphatic rings. The smallest absolute Gasteiger partial charge is 0.315 e. The van der Waals surface area contributed by atoms with E-state index in [9.17, 15) is 9.18 Å². The lowest BCUT2D eigenvalue weighted by molar-refractivity contribution is 0.232. The zero-order valence-electron chi connectivity index (χ0n) is 13.3. The van der Waals surface area contributed by atoms with Crippen molar-refractivity contribution in [2.75, 3.05) is 20.6 Å². The van der Waals surface area contributed by atoms with Crippen molar-refractivity contribution < 1.29 is 9.18 Å². The number of nitrogens with zero attached hydrogens (tertiary/aromatic N) is 2. The molecule has 1 aromatic carbocycles. The molecule has 0 saturated heterocycles. The van der Waals surface area contributed by atoms with Crippen LogP contribution < -0.4 is 10.6 Å². The van der Waals surface area contributed by atoms with E-state index in [-0.39, 0.29) is 17.9 Å². The zero-order valence-corrected chi connectivity index (χ0v) is 13.3. The zero-order chi connectivity index (χ0) is 16.7. The van der Waals surface area contributed by atoms with Crippen LogP contribution in [-0.4, -0.2) is 36.6 Å². The fourth-order valence-electron chi connectivity index (χ4n) is 2.25. The molecule has 1 aromatic heterocycles. The molecule has 0 aliphatic carbocycles. The normalized spacial score (nSPS) is 12.0. The first-order valence-corrected chi connectivity index (χ1v) is 7.39. The highest BCUT2D eigenvalue weighted by molar-refractivity contribution is 5.73. The maximum Gasteiger partial charge on any atom is 0.315 e. The van der Waals surface area contributed by atoms with E-state index in [0.29, 0.717) is 13.1 Å². The Bertz CT molecular complexity index is 634. The van der Waals surface area contributed by atoms with Gasteiger partial charge in [-0.15, -0.1) is 0 Å². The van der Waals surface area contributed by atoms with Gasteiger partial charge in [0.2, 0.25) is 0 Å². The van der Waals surface area contributed by atoms with Gasteiger partial charge in [0.15, 0.2) is 0 Å². The molecule has 0 radical (unpaired) electrons. The SMILES string of the molecule is CN(C)C(CNC(=O)NCc1ccncc1)c1cccc(F)c1. The molecular weight excluding hydrogens is 295 g/mol. The third-order valence-corrected chi connectivity index (χ3v) is 3.52. The van der Waals surface area contributed by atoms with Gasteiger partial charge in [-0.05, 0) is 49.5 Å². The predicted octanol–water partition coefficient (Wildman–Crippen LogP) is 2.32. The number of likely N-dealkylation sites (N-methyl/N-ethyl adjacent to an activating group) is 1. The fraction of sp³-hybridized carbons (Fsp3) is 0.294. The van der Waals surface area contributed by atoms with Gasteiger partial charge in [-0.2, -0.15) is 0 Å². The lowest BCUT2D eigenvalue weighted by atomic mass is 10.1. The highest BCUT2D eigenvalue weighted by atomic mass is 19.1. The maximum atomic E-state index is 13.4. The topological polar surface area (TPSA) is 57.3 Å². The van der Waals surface area contributed by atoms with Crippen LogP contribution in [0.5, 0.6) is 0 Å². The summed E-state index contributed by atoms with van der Waals surface area (Å²) in [6, 6.07) is 9.74. The summed E-state index contributed by atoms with van der Waals surface area (Å²) in [6.45, 7) is 0.819. The van der Waals surface area contributed by atoms with Crippen LogP contribution in [0.2, 0.25) is 0 Å². The number of aromatic nitrogens is 1. The molecule has 5 nitrogen and oxygen atoms in total. The fourth-order valence-corrected chi connectivity index (χ4v) is 2.25. The second-order valence-corrected chi connectivity index (χ2v) is 5.45. The Morgan fingerprint density at radius 1 is 1.22 bits per heavy atom. The van der Waals surface area contributed by atoms with Crippen LogP contribution in [0.1, 0.15) is 17.2 Å². The maximum absolute atomic E-state index is 13.4. The molecule has 122 valence electrons. The Kier molecular flexibility index (Phi) is 6.05. The Morgan fingerprint density at radius 3 is 2.61 bits per heavy atom. The van der Waals surface area contributed by atoms with Crippen LogP contribution in [0, 0.1) is 5.82 Å². The highest BCUT2D eigenvalue weighted by Gasteiger charge is 2.15. The molecule has 0 bridgehead atoms. The molecule has 1 atom stereocenters. The van der Waals surface area contributed by atoms with Crippen molar-refractivity contribution in [1.82, 2.24) is 20.5 Å². The average Bonchev–Trinajstić information content (AvgIpc) is 2.54. The third-order valence-electron chi connectivity index (χ3n) is 3.52. The summed E-state index contributed by atoms with van der Waals surface area (Å²) in [4.78, 5) is 17.8. The van der Waals surface area contributed by atoms with Crippen LogP contribution in [0.3, 0.4) is 0 Å². The van der Waals surface area contributed by atoms with E-state index in [1.807, 2.05) is 37.2 Å². The minimum absolute atomic E-state index is 0.0997. The van der Waals surface area contributed by atoms with E-state index in [4.69, 9.17) is 0 Å². The van der Waals surface area contributed by atoms with Gasteiger partial charge < -0.3 is 15.5 Å². The third kappa shape index (κ3) is 5.34. The van der Waals surface area contributed by atoms with Crippen molar-refractivity contribution in [3.8, 4) is 0 Å². The van der Waals surface area contributed by atoms with Gasteiger partial charge >= 0.3 is 6.03 Å². The first-order valence-electron chi connectivity index (χ1n) is 7.39. The predicted molar refractivity (Wildman–Crippen MR) is 87.3 cm³/mol. The highest BCUT2D eigenvalue weighted by Crippen LogP contribution is 2.18. The lowest BCUT2D eigenvalue weighted by Gasteiger charge is -2.25. The average molecular weight is 316 g/mol. The van der Waals surface area contributed by atoms with Gasteiger partial charge in [0.25, 0.3) is 0 Å². The molecular formula is C17H21FN4O. The Morgan fingerprint density at radius 2 is 1.96 bits per heavy atom. The second-order valence-electron chi connectivity index (χ2n) is 5.45. The Hall–Kier alpha value is -2.47. The van der Waals surface area contributed by atoms with Crippen LogP contribution in [0.15, 0.2) is 48.8 Å². The molecule has 2 aromatic rings. The number of carbonyl (C=O) groups excluding carboxylic acids is 1. The first kappa shape index (κ1) is 16.9. The first-order chi connectivity index (χ1) is 11.1. The van der Waals surface area contributed by atoms with Crippen molar-refractivity contribution in [3.05, 3.63) is 65.7 Å². The quantitative estimate of drug-likeness (QED) is 0.860. The number of rotatable bonds is 6. The van der Waals surface area contributed by atoms with Gasteiger partial charge in [-0.3, -0.25) is 4.98 Å². The molecule has 0 fully saturated rings. The molecule has 6 heteroatoms. The van der Waals surface area contributed by atoms with Crippen LogP contribution in [0.4, 0.5) is 9.18 Å². The molecule has 0 aliphatic heterocycles. The minimum atomic E-state index is -0.281. The van der Waals surface area contributed by atoms with Crippen molar-refractivity contribution in [2.24, 2.45) is 0 Å². The summed E-state index contributed by atoms with van der Waals surface area (Å²) >= 11 is 0. The van der Waals surface area contributed by atoms with Crippen LogP contribution in [0.25, 0.3) is 0 Å². The van der Waals surface area contributed by atoms with E-state index in [2.05, 4.69) is 15.6 Å². The monoisotopic (exact) mass is 316 g/mol. The number of nitrogens with one attached hydrogen (secondary N) is 2. The summed E-state index contributed by atoms with van der Waals surface area (Å²) < 4.78 is 13.4. The van der Waals surface area contributed by atoms with Crippen molar-refractivity contribution >= 4 is 6.03 Å². The number of hydrogen-bond donors (Lipinski definition) is 2. The molecule has 1 unspecified atom stereocenters. The Labute approximate surface area is 135 Å². The van der Waals surface area contributed by atoms with Crippen molar-refractivity contribution in [1.29, 1.82) is 0 Å². The van der Waals surface area contributed by atoms with Gasteiger partial charge in [-0.1, -0.05) is 12.1 Å².